The first-order valence-electron chi connectivity index (χ1n) is 6.72. The Hall–Kier alpha value is -2.08. The number of ether oxygens (including phenoxy) is 1. The number of hydrogen-bond acceptors (Lipinski definition) is 3. The number of pyridine rings is 1. The SMILES string of the molecule is COc1ccnc(CN(C)Cc2cccc(C(F)(F)F)c2)c1. The molecule has 0 fully saturated rings. The Balaban J connectivity index is 2.04. The van der Waals surface area contributed by atoms with Crippen LogP contribution in [-0.4, -0.2) is 24.0 Å². The van der Waals surface area contributed by atoms with Crippen molar-refractivity contribution in [3.63, 3.8) is 0 Å². The van der Waals surface area contributed by atoms with Crippen LogP contribution in [0.2, 0.25) is 0 Å². The van der Waals surface area contributed by atoms with Crippen LogP contribution in [0.15, 0.2) is 42.6 Å². The Labute approximate surface area is 127 Å². The molecule has 0 spiro atoms. The van der Waals surface area contributed by atoms with Crippen molar-refractivity contribution in [2.75, 3.05) is 14.2 Å². The summed E-state index contributed by atoms with van der Waals surface area (Å²) >= 11 is 0. The summed E-state index contributed by atoms with van der Waals surface area (Å²) in [6.07, 6.45) is -2.67. The molecule has 0 aliphatic heterocycles. The van der Waals surface area contributed by atoms with E-state index in [2.05, 4.69) is 4.98 Å². The maximum absolute atomic E-state index is 12.7. The molecular formula is C16H17F3N2O. The molecule has 1 aromatic heterocycles. The van der Waals surface area contributed by atoms with Gasteiger partial charge in [-0.2, -0.15) is 13.2 Å². The van der Waals surface area contributed by atoms with Gasteiger partial charge in [0.15, 0.2) is 0 Å². The van der Waals surface area contributed by atoms with E-state index in [1.807, 2.05) is 18.0 Å². The van der Waals surface area contributed by atoms with Gasteiger partial charge < -0.3 is 4.74 Å². The van der Waals surface area contributed by atoms with E-state index in [0.717, 1.165) is 11.8 Å². The summed E-state index contributed by atoms with van der Waals surface area (Å²) in [4.78, 5) is 6.12. The summed E-state index contributed by atoms with van der Waals surface area (Å²) in [7, 11) is 3.41. The Morgan fingerprint density at radius 3 is 2.59 bits per heavy atom. The highest BCUT2D eigenvalue weighted by Gasteiger charge is 2.30. The lowest BCUT2D eigenvalue weighted by Gasteiger charge is -2.17. The topological polar surface area (TPSA) is 25.4 Å². The molecule has 1 aromatic carbocycles. The van der Waals surface area contributed by atoms with Gasteiger partial charge in [0.05, 0.1) is 18.4 Å². The molecular weight excluding hydrogens is 293 g/mol. The molecule has 0 N–H and O–H groups in total. The van der Waals surface area contributed by atoms with Gasteiger partial charge in [-0.3, -0.25) is 9.88 Å². The average Bonchev–Trinajstić information content (AvgIpc) is 2.46. The second-order valence-corrected chi connectivity index (χ2v) is 5.06. The lowest BCUT2D eigenvalue weighted by atomic mass is 10.1. The molecule has 6 heteroatoms. The van der Waals surface area contributed by atoms with Gasteiger partial charge in [-0.15, -0.1) is 0 Å². The van der Waals surface area contributed by atoms with Crippen LogP contribution in [0, 0.1) is 0 Å². The molecule has 0 aliphatic carbocycles. The van der Waals surface area contributed by atoms with E-state index in [1.54, 1.807) is 25.4 Å². The van der Waals surface area contributed by atoms with Crippen molar-refractivity contribution >= 4 is 0 Å². The second kappa shape index (κ2) is 6.79. The van der Waals surface area contributed by atoms with Crippen LogP contribution in [0.3, 0.4) is 0 Å². The van der Waals surface area contributed by atoms with Gasteiger partial charge in [-0.05, 0) is 24.7 Å². The Morgan fingerprint density at radius 1 is 1.14 bits per heavy atom. The highest BCUT2D eigenvalue weighted by atomic mass is 19.4. The molecule has 2 aromatic rings. The number of rotatable bonds is 5. The maximum atomic E-state index is 12.7. The van der Waals surface area contributed by atoms with Gasteiger partial charge in [-0.1, -0.05) is 18.2 Å². The van der Waals surface area contributed by atoms with Crippen molar-refractivity contribution < 1.29 is 17.9 Å². The Bertz CT molecular complexity index is 629. The molecule has 0 radical (unpaired) electrons. The van der Waals surface area contributed by atoms with Crippen molar-refractivity contribution in [2.45, 2.75) is 19.3 Å². The van der Waals surface area contributed by atoms with E-state index in [0.29, 0.717) is 24.4 Å². The summed E-state index contributed by atoms with van der Waals surface area (Å²) in [5.74, 6) is 0.706. The molecule has 0 bridgehead atoms. The van der Waals surface area contributed by atoms with Crippen molar-refractivity contribution in [2.24, 2.45) is 0 Å². The van der Waals surface area contributed by atoms with E-state index < -0.39 is 11.7 Å². The number of nitrogens with zero attached hydrogens (tertiary/aromatic N) is 2. The van der Waals surface area contributed by atoms with Gasteiger partial charge in [0.2, 0.25) is 0 Å². The molecule has 0 atom stereocenters. The molecule has 1 heterocycles. The Morgan fingerprint density at radius 2 is 1.91 bits per heavy atom. The lowest BCUT2D eigenvalue weighted by Crippen LogP contribution is -2.18. The minimum Gasteiger partial charge on any atom is -0.497 e. The number of benzene rings is 1. The molecule has 118 valence electrons. The van der Waals surface area contributed by atoms with E-state index in [4.69, 9.17) is 4.74 Å². The van der Waals surface area contributed by atoms with Crippen LogP contribution in [0.1, 0.15) is 16.8 Å². The molecule has 0 aliphatic rings. The highest BCUT2D eigenvalue weighted by molar-refractivity contribution is 5.26. The Kier molecular flexibility index (Phi) is 5.03. The van der Waals surface area contributed by atoms with Crippen molar-refractivity contribution in [1.82, 2.24) is 9.88 Å². The molecule has 0 saturated heterocycles. The number of halogens is 3. The first-order chi connectivity index (χ1) is 10.4. The first kappa shape index (κ1) is 16.3. The smallest absolute Gasteiger partial charge is 0.416 e. The number of aromatic nitrogens is 1. The van der Waals surface area contributed by atoms with Crippen molar-refractivity contribution in [3.8, 4) is 5.75 Å². The van der Waals surface area contributed by atoms with Crippen LogP contribution in [-0.2, 0) is 19.3 Å². The van der Waals surface area contributed by atoms with E-state index in [-0.39, 0.29) is 0 Å². The standard InChI is InChI=1S/C16H17F3N2O/c1-21(11-14-9-15(22-2)6-7-20-14)10-12-4-3-5-13(8-12)16(17,18)19/h3-9H,10-11H2,1-2H3. The van der Waals surface area contributed by atoms with Crippen LogP contribution in [0.4, 0.5) is 13.2 Å². The fourth-order valence-corrected chi connectivity index (χ4v) is 2.16. The number of alkyl halides is 3. The lowest BCUT2D eigenvalue weighted by molar-refractivity contribution is -0.137. The van der Waals surface area contributed by atoms with Crippen LogP contribution >= 0.6 is 0 Å². The highest BCUT2D eigenvalue weighted by Crippen LogP contribution is 2.29. The fraction of sp³-hybridized carbons (Fsp3) is 0.312. The summed E-state index contributed by atoms with van der Waals surface area (Å²) in [5, 5.41) is 0. The minimum atomic E-state index is -4.32. The third-order valence-corrected chi connectivity index (χ3v) is 3.16. The van der Waals surface area contributed by atoms with Crippen LogP contribution < -0.4 is 4.74 Å². The van der Waals surface area contributed by atoms with Gasteiger partial charge in [0.25, 0.3) is 0 Å². The average molecular weight is 310 g/mol. The summed E-state index contributed by atoms with van der Waals surface area (Å²) in [6, 6.07) is 8.92. The zero-order valence-electron chi connectivity index (χ0n) is 12.4. The zero-order valence-corrected chi connectivity index (χ0v) is 12.4. The summed E-state index contributed by atoms with van der Waals surface area (Å²) in [5.41, 5.74) is 0.784. The minimum absolute atomic E-state index is 0.406. The summed E-state index contributed by atoms with van der Waals surface area (Å²) < 4.78 is 43.2. The van der Waals surface area contributed by atoms with Crippen LogP contribution in [0.5, 0.6) is 5.75 Å². The number of hydrogen-bond donors (Lipinski definition) is 0. The molecule has 0 amide bonds. The monoisotopic (exact) mass is 310 g/mol. The van der Waals surface area contributed by atoms with Gasteiger partial charge >= 0.3 is 6.18 Å². The van der Waals surface area contributed by atoms with Crippen molar-refractivity contribution in [1.29, 1.82) is 0 Å². The maximum Gasteiger partial charge on any atom is 0.416 e. The first-order valence-corrected chi connectivity index (χ1v) is 6.72. The third kappa shape index (κ3) is 4.46. The molecule has 22 heavy (non-hydrogen) atoms. The van der Waals surface area contributed by atoms with E-state index in [9.17, 15) is 13.2 Å². The fourth-order valence-electron chi connectivity index (χ4n) is 2.16. The number of methoxy groups -OCH3 is 1. The third-order valence-electron chi connectivity index (χ3n) is 3.16. The quantitative estimate of drug-likeness (QED) is 0.841. The van der Waals surface area contributed by atoms with E-state index in [1.165, 1.54) is 12.1 Å². The van der Waals surface area contributed by atoms with E-state index >= 15 is 0 Å². The largest absolute Gasteiger partial charge is 0.497 e. The van der Waals surface area contributed by atoms with Gasteiger partial charge in [-0.25, -0.2) is 0 Å². The molecule has 2 rings (SSSR count). The van der Waals surface area contributed by atoms with Crippen LogP contribution in [0.25, 0.3) is 0 Å². The normalized spacial score (nSPS) is 11.7. The molecule has 0 saturated carbocycles. The summed E-state index contributed by atoms with van der Waals surface area (Å²) in [6.45, 7) is 0.927. The molecule has 3 nitrogen and oxygen atoms in total. The van der Waals surface area contributed by atoms with Gasteiger partial charge in [0, 0.05) is 25.4 Å². The van der Waals surface area contributed by atoms with Gasteiger partial charge in [0.1, 0.15) is 5.75 Å². The predicted molar refractivity (Wildman–Crippen MR) is 77.4 cm³/mol. The zero-order chi connectivity index (χ0) is 16.2. The second-order valence-electron chi connectivity index (χ2n) is 5.06. The van der Waals surface area contributed by atoms with Crippen molar-refractivity contribution in [3.05, 3.63) is 59.4 Å². The predicted octanol–water partition coefficient (Wildman–Crippen LogP) is 3.74. The molecule has 0 unspecified atom stereocenters.